The predicted molar refractivity (Wildman–Crippen MR) is 73.2 cm³/mol. The molecule has 4 heteroatoms. The summed E-state index contributed by atoms with van der Waals surface area (Å²) in [7, 11) is 0. The van der Waals surface area contributed by atoms with E-state index in [1.165, 1.54) is 0 Å². The van der Waals surface area contributed by atoms with Gasteiger partial charge in [-0.3, -0.25) is 4.99 Å². The SMILES string of the molecule is CC(=NCC(C)N)c1cc2ccccc2oc1=O. The summed E-state index contributed by atoms with van der Waals surface area (Å²) in [4.78, 5) is 16.1. The average molecular weight is 244 g/mol. The van der Waals surface area contributed by atoms with E-state index >= 15 is 0 Å². The minimum atomic E-state index is -0.361. The summed E-state index contributed by atoms with van der Waals surface area (Å²) in [5.41, 5.74) is 7.02. The molecule has 18 heavy (non-hydrogen) atoms. The fourth-order valence-corrected chi connectivity index (χ4v) is 1.68. The van der Waals surface area contributed by atoms with Crippen LogP contribution in [-0.2, 0) is 0 Å². The zero-order valence-corrected chi connectivity index (χ0v) is 10.5. The first-order valence-corrected chi connectivity index (χ1v) is 5.88. The Labute approximate surface area is 105 Å². The van der Waals surface area contributed by atoms with Crippen LogP contribution in [0.5, 0.6) is 0 Å². The van der Waals surface area contributed by atoms with Crippen molar-refractivity contribution in [2.75, 3.05) is 6.54 Å². The molecular weight excluding hydrogens is 228 g/mol. The van der Waals surface area contributed by atoms with Gasteiger partial charge in [0.2, 0.25) is 0 Å². The third-order valence-electron chi connectivity index (χ3n) is 2.65. The summed E-state index contributed by atoms with van der Waals surface area (Å²) in [6.07, 6.45) is 0. The summed E-state index contributed by atoms with van der Waals surface area (Å²) in [6.45, 7) is 4.17. The van der Waals surface area contributed by atoms with E-state index in [1.54, 1.807) is 19.1 Å². The molecule has 1 heterocycles. The van der Waals surface area contributed by atoms with Crippen LogP contribution in [0, 0.1) is 0 Å². The monoisotopic (exact) mass is 244 g/mol. The molecule has 94 valence electrons. The Bertz CT molecular complexity index is 642. The molecule has 1 aromatic carbocycles. The van der Waals surface area contributed by atoms with Crippen LogP contribution in [0.3, 0.4) is 0 Å². The van der Waals surface area contributed by atoms with E-state index in [1.807, 2.05) is 25.1 Å². The Hall–Kier alpha value is -1.94. The molecule has 1 aromatic heterocycles. The standard InChI is InChI=1S/C14H16N2O2/c1-9(15)8-16-10(2)12-7-11-5-3-4-6-13(11)18-14(12)17/h3-7,9H,8,15H2,1-2H3. The number of nitrogens with two attached hydrogens (primary N) is 1. The third kappa shape index (κ3) is 2.65. The molecule has 0 bridgehead atoms. The van der Waals surface area contributed by atoms with Crippen LogP contribution in [0.1, 0.15) is 19.4 Å². The highest BCUT2D eigenvalue weighted by atomic mass is 16.4. The van der Waals surface area contributed by atoms with Gasteiger partial charge in [-0.2, -0.15) is 0 Å². The lowest BCUT2D eigenvalue weighted by Gasteiger charge is -2.03. The van der Waals surface area contributed by atoms with Gasteiger partial charge >= 0.3 is 5.63 Å². The number of nitrogens with zero attached hydrogens (tertiary/aromatic N) is 1. The minimum Gasteiger partial charge on any atom is -0.422 e. The number of benzene rings is 1. The quantitative estimate of drug-likeness (QED) is 0.662. The molecule has 0 spiro atoms. The number of aliphatic imine (C=N–C) groups is 1. The van der Waals surface area contributed by atoms with E-state index in [4.69, 9.17) is 10.2 Å². The molecule has 0 fully saturated rings. The molecule has 0 saturated heterocycles. The van der Waals surface area contributed by atoms with Gasteiger partial charge in [-0.1, -0.05) is 18.2 Å². The molecule has 0 radical (unpaired) electrons. The number of para-hydroxylation sites is 1. The second-order valence-electron chi connectivity index (χ2n) is 4.39. The molecule has 0 aliphatic rings. The average Bonchev–Trinajstić information content (AvgIpc) is 2.35. The highest BCUT2D eigenvalue weighted by molar-refractivity contribution is 6.00. The van der Waals surface area contributed by atoms with Crippen LogP contribution in [0.15, 0.2) is 44.5 Å². The fourth-order valence-electron chi connectivity index (χ4n) is 1.68. The molecule has 1 unspecified atom stereocenters. The zero-order chi connectivity index (χ0) is 13.1. The maximum Gasteiger partial charge on any atom is 0.345 e. The smallest absolute Gasteiger partial charge is 0.345 e. The molecule has 2 aromatic rings. The summed E-state index contributed by atoms with van der Waals surface area (Å²) in [5, 5.41) is 0.891. The predicted octanol–water partition coefficient (Wildman–Crippen LogP) is 1.95. The van der Waals surface area contributed by atoms with Crippen molar-refractivity contribution in [3.63, 3.8) is 0 Å². The van der Waals surface area contributed by atoms with Crippen molar-refractivity contribution < 1.29 is 4.42 Å². The maximum absolute atomic E-state index is 11.8. The van der Waals surface area contributed by atoms with Crippen molar-refractivity contribution in [2.24, 2.45) is 10.7 Å². The van der Waals surface area contributed by atoms with Crippen LogP contribution in [-0.4, -0.2) is 18.3 Å². The lowest BCUT2D eigenvalue weighted by molar-refractivity contribution is 0.559. The second-order valence-corrected chi connectivity index (χ2v) is 4.39. The number of rotatable bonds is 3. The van der Waals surface area contributed by atoms with Gasteiger partial charge in [-0.05, 0) is 26.0 Å². The first-order chi connectivity index (χ1) is 8.58. The van der Waals surface area contributed by atoms with Gasteiger partial charge < -0.3 is 10.2 Å². The van der Waals surface area contributed by atoms with Gasteiger partial charge in [0.05, 0.1) is 12.1 Å². The van der Waals surface area contributed by atoms with E-state index in [9.17, 15) is 4.79 Å². The van der Waals surface area contributed by atoms with Crippen molar-refractivity contribution in [1.82, 2.24) is 0 Å². The Morgan fingerprint density at radius 1 is 1.44 bits per heavy atom. The highest BCUT2D eigenvalue weighted by Crippen LogP contribution is 2.13. The van der Waals surface area contributed by atoms with Crippen LogP contribution < -0.4 is 11.4 Å². The Morgan fingerprint density at radius 2 is 2.17 bits per heavy atom. The molecular formula is C14H16N2O2. The van der Waals surface area contributed by atoms with E-state index < -0.39 is 0 Å². The number of hydrogen-bond acceptors (Lipinski definition) is 4. The Morgan fingerprint density at radius 3 is 2.89 bits per heavy atom. The highest BCUT2D eigenvalue weighted by Gasteiger charge is 2.07. The number of hydrogen-bond donors (Lipinski definition) is 1. The largest absolute Gasteiger partial charge is 0.422 e. The molecule has 0 saturated carbocycles. The maximum atomic E-state index is 11.8. The molecule has 4 nitrogen and oxygen atoms in total. The van der Waals surface area contributed by atoms with E-state index in [0.29, 0.717) is 23.4 Å². The molecule has 0 amide bonds. The first-order valence-electron chi connectivity index (χ1n) is 5.88. The van der Waals surface area contributed by atoms with Gasteiger partial charge in [0.15, 0.2) is 0 Å². The van der Waals surface area contributed by atoms with Crippen LogP contribution >= 0.6 is 0 Å². The Kier molecular flexibility index (Phi) is 3.58. The van der Waals surface area contributed by atoms with Crippen LogP contribution in [0.25, 0.3) is 11.0 Å². The molecule has 2 N–H and O–H groups in total. The van der Waals surface area contributed by atoms with Crippen molar-refractivity contribution in [3.05, 3.63) is 46.3 Å². The van der Waals surface area contributed by atoms with Gasteiger partial charge in [0.1, 0.15) is 5.58 Å². The van der Waals surface area contributed by atoms with E-state index in [-0.39, 0.29) is 11.7 Å². The minimum absolute atomic E-state index is 0.0209. The van der Waals surface area contributed by atoms with E-state index in [0.717, 1.165) is 5.39 Å². The Balaban J connectivity index is 2.48. The first kappa shape index (κ1) is 12.5. The van der Waals surface area contributed by atoms with E-state index in [2.05, 4.69) is 4.99 Å². The van der Waals surface area contributed by atoms with Crippen molar-refractivity contribution in [2.45, 2.75) is 19.9 Å². The third-order valence-corrected chi connectivity index (χ3v) is 2.65. The van der Waals surface area contributed by atoms with Crippen molar-refractivity contribution in [1.29, 1.82) is 0 Å². The fraction of sp³-hybridized carbons (Fsp3) is 0.286. The van der Waals surface area contributed by atoms with Crippen molar-refractivity contribution >= 4 is 16.7 Å². The molecule has 1 atom stereocenters. The van der Waals surface area contributed by atoms with Crippen LogP contribution in [0.2, 0.25) is 0 Å². The second kappa shape index (κ2) is 5.14. The summed E-state index contributed by atoms with van der Waals surface area (Å²) < 4.78 is 5.25. The van der Waals surface area contributed by atoms with Gasteiger partial charge in [0, 0.05) is 17.1 Å². The molecule has 2 rings (SSSR count). The number of fused-ring (bicyclic) bond motifs is 1. The summed E-state index contributed by atoms with van der Waals surface area (Å²) in [6, 6.07) is 9.20. The topological polar surface area (TPSA) is 68.6 Å². The molecule has 0 aliphatic carbocycles. The molecule has 0 aliphatic heterocycles. The lowest BCUT2D eigenvalue weighted by Crippen LogP contribution is -2.20. The summed E-state index contributed by atoms with van der Waals surface area (Å²) in [5.74, 6) is 0. The van der Waals surface area contributed by atoms with Crippen molar-refractivity contribution in [3.8, 4) is 0 Å². The van der Waals surface area contributed by atoms with Crippen LogP contribution in [0.4, 0.5) is 0 Å². The van der Waals surface area contributed by atoms with Gasteiger partial charge in [-0.25, -0.2) is 4.79 Å². The van der Waals surface area contributed by atoms with Gasteiger partial charge in [0.25, 0.3) is 0 Å². The summed E-state index contributed by atoms with van der Waals surface area (Å²) >= 11 is 0. The lowest BCUT2D eigenvalue weighted by atomic mass is 10.1. The normalized spacial score (nSPS) is 13.8. The van der Waals surface area contributed by atoms with Gasteiger partial charge in [-0.15, -0.1) is 0 Å². The zero-order valence-electron chi connectivity index (χ0n) is 10.5.